The molecular formula is C18H31N5O2. The molecule has 3 heterocycles. The average Bonchev–Trinajstić information content (AvgIpc) is 2.86. The van der Waals surface area contributed by atoms with Gasteiger partial charge in [-0.2, -0.15) is 0 Å². The number of ether oxygens (including phenoxy) is 1. The van der Waals surface area contributed by atoms with Gasteiger partial charge in [0.05, 0.1) is 6.54 Å². The number of carbonyl (C=O) groups excluding carboxylic acids is 1. The molecule has 3 rings (SSSR count). The van der Waals surface area contributed by atoms with Gasteiger partial charge in [0, 0.05) is 58.8 Å². The van der Waals surface area contributed by atoms with Gasteiger partial charge >= 0.3 is 0 Å². The number of aromatic nitrogens is 3. The second kappa shape index (κ2) is 9.29. The van der Waals surface area contributed by atoms with Gasteiger partial charge in [-0.1, -0.05) is 6.42 Å². The minimum Gasteiger partial charge on any atom is -0.382 e. The van der Waals surface area contributed by atoms with Crippen LogP contribution in [0.25, 0.3) is 0 Å². The van der Waals surface area contributed by atoms with Crippen LogP contribution in [0, 0.1) is 0 Å². The second-order valence-electron chi connectivity index (χ2n) is 6.95. The summed E-state index contributed by atoms with van der Waals surface area (Å²) in [5, 5.41) is 8.81. The van der Waals surface area contributed by atoms with Crippen LogP contribution in [0.2, 0.25) is 0 Å². The molecule has 140 valence electrons. The number of piperazine rings is 1. The highest BCUT2D eigenvalue weighted by molar-refractivity contribution is 5.76. The Balaban J connectivity index is 1.44. The van der Waals surface area contributed by atoms with Crippen LogP contribution < -0.4 is 0 Å². The topological polar surface area (TPSA) is 63.5 Å². The van der Waals surface area contributed by atoms with Crippen LogP contribution >= 0.6 is 0 Å². The smallest absolute Gasteiger partial charge is 0.222 e. The van der Waals surface area contributed by atoms with E-state index in [2.05, 4.69) is 19.7 Å². The second-order valence-corrected chi connectivity index (χ2v) is 6.95. The molecule has 0 bridgehead atoms. The van der Waals surface area contributed by atoms with E-state index >= 15 is 0 Å². The van der Waals surface area contributed by atoms with Crippen molar-refractivity contribution in [2.45, 2.75) is 58.5 Å². The molecule has 1 aromatic heterocycles. The fraction of sp³-hybridized carbons (Fsp3) is 0.833. The number of rotatable bonds is 7. The first-order valence-corrected chi connectivity index (χ1v) is 9.76. The van der Waals surface area contributed by atoms with E-state index in [9.17, 15) is 4.79 Å². The lowest BCUT2D eigenvalue weighted by molar-refractivity contribution is -0.133. The molecule has 0 radical (unpaired) electrons. The molecule has 2 aliphatic heterocycles. The molecule has 0 N–H and O–H groups in total. The lowest BCUT2D eigenvalue weighted by Crippen LogP contribution is -2.48. The largest absolute Gasteiger partial charge is 0.382 e. The zero-order valence-electron chi connectivity index (χ0n) is 15.5. The molecule has 7 nitrogen and oxygen atoms in total. The molecule has 0 aromatic carbocycles. The van der Waals surface area contributed by atoms with Gasteiger partial charge in [-0.3, -0.25) is 9.69 Å². The van der Waals surface area contributed by atoms with Crippen molar-refractivity contribution in [1.82, 2.24) is 24.6 Å². The Morgan fingerprint density at radius 2 is 1.92 bits per heavy atom. The predicted octanol–water partition coefficient (Wildman–Crippen LogP) is 1.47. The summed E-state index contributed by atoms with van der Waals surface area (Å²) in [5.41, 5.74) is 0. The van der Waals surface area contributed by atoms with Crippen molar-refractivity contribution in [3.05, 3.63) is 11.6 Å². The predicted molar refractivity (Wildman–Crippen MR) is 95.2 cm³/mol. The van der Waals surface area contributed by atoms with E-state index in [1.807, 2.05) is 11.8 Å². The Bertz CT molecular complexity index is 552. The van der Waals surface area contributed by atoms with Crippen molar-refractivity contribution >= 4 is 5.91 Å². The van der Waals surface area contributed by atoms with E-state index in [0.717, 1.165) is 70.4 Å². The first-order chi connectivity index (χ1) is 12.3. The lowest BCUT2D eigenvalue weighted by atomic mass is 10.2. The minimum atomic E-state index is 0.260. The number of carbonyl (C=O) groups is 1. The molecule has 1 saturated heterocycles. The van der Waals surface area contributed by atoms with Crippen molar-refractivity contribution in [3.8, 4) is 0 Å². The molecular weight excluding hydrogens is 318 g/mol. The van der Waals surface area contributed by atoms with Crippen molar-refractivity contribution < 1.29 is 9.53 Å². The average molecular weight is 349 g/mol. The van der Waals surface area contributed by atoms with Crippen LogP contribution in [0.1, 0.15) is 50.7 Å². The molecule has 1 aromatic rings. The van der Waals surface area contributed by atoms with E-state index in [4.69, 9.17) is 4.74 Å². The molecule has 0 atom stereocenters. The first kappa shape index (κ1) is 18.3. The highest BCUT2D eigenvalue weighted by Gasteiger charge is 2.23. The van der Waals surface area contributed by atoms with Crippen molar-refractivity contribution in [3.63, 3.8) is 0 Å². The van der Waals surface area contributed by atoms with Crippen LogP contribution in [0.15, 0.2) is 0 Å². The maximum atomic E-state index is 12.2. The number of hydrogen-bond acceptors (Lipinski definition) is 5. The van der Waals surface area contributed by atoms with Crippen LogP contribution in [0.3, 0.4) is 0 Å². The van der Waals surface area contributed by atoms with Gasteiger partial charge in [0.2, 0.25) is 5.91 Å². The highest BCUT2D eigenvalue weighted by atomic mass is 16.5. The van der Waals surface area contributed by atoms with Gasteiger partial charge in [-0.25, -0.2) is 0 Å². The summed E-state index contributed by atoms with van der Waals surface area (Å²) in [6, 6.07) is 0. The van der Waals surface area contributed by atoms with Gasteiger partial charge in [0.25, 0.3) is 0 Å². The van der Waals surface area contributed by atoms with Gasteiger partial charge in [0.1, 0.15) is 11.6 Å². The maximum Gasteiger partial charge on any atom is 0.222 e. The van der Waals surface area contributed by atoms with Gasteiger partial charge in [-0.15, -0.1) is 10.2 Å². The third-order valence-corrected chi connectivity index (χ3v) is 5.16. The van der Waals surface area contributed by atoms with Crippen molar-refractivity contribution in [2.24, 2.45) is 0 Å². The number of hydrogen-bond donors (Lipinski definition) is 0. The van der Waals surface area contributed by atoms with Gasteiger partial charge in [-0.05, 0) is 26.2 Å². The third-order valence-electron chi connectivity index (χ3n) is 5.16. The number of fused-ring (bicyclic) bond motifs is 1. The SMILES string of the molecule is CCOCCCC(=O)N1CCN(Cc2nnc3n2CCCCC3)CC1. The number of aryl methyl sites for hydroxylation is 1. The zero-order valence-corrected chi connectivity index (χ0v) is 15.5. The Morgan fingerprint density at radius 1 is 1.08 bits per heavy atom. The van der Waals surface area contributed by atoms with Crippen LogP contribution in [0.5, 0.6) is 0 Å². The number of nitrogens with zero attached hydrogens (tertiary/aromatic N) is 5. The maximum absolute atomic E-state index is 12.2. The zero-order chi connectivity index (χ0) is 17.5. The molecule has 0 unspecified atom stereocenters. The Hall–Kier alpha value is -1.47. The molecule has 7 heteroatoms. The Labute approximate surface area is 150 Å². The Kier molecular flexibility index (Phi) is 6.81. The van der Waals surface area contributed by atoms with Gasteiger partial charge < -0.3 is 14.2 Å². The van der Waals surface area contributed by atoms with Crippen LogP contribution in [-0.4, -0.2) is 69.9 Å². The molecule has 1 fully saturated rings. The highest BCUT2D eigenvalue weighted by Crippen LogP contribution is 2.16. The normalized spacial score (nSPS) is 18.8. The summed E-state index contributed by atoms with van der Waals surface area (Å²) in [7, 11) is 0. The number of amides is 1. The molecule has 25 heavy (non-hydrogen) atoms. The van der Waals surface area contributed by atoms with E-state index < -0.39 is 0 Å². The summed E-state index contributed by atoms with van der Waals surface area (Å²) in [6.07, 6.45) is 6.20. The third kappa shape index (κ3) is 5.01. The van der Waals surface area contributed by atoms with E-state index in [0.29, 0.717) is 13.0 Å². The minimum absolute atomic E-state index is 0.260. The lowest BCUT2D eigenvalue weighted by Gasteiger charge is -2.34. The first-order valence-electron chi connectivity index (χ1n) is 9.76. The quantitative estimate of drug-likeness (QED) is 0.698. The fourth-order valence-corrected chi connectivity index (χ4v) is 3.65. The van der Waals surface area contributed by atoms with E-state index in [-0.39, 0.29) is 5.91 Å². The van der Waals surface area contributed by atoms with E-state index in [1.165, 1.54) is 19.3 Å². The molecule has 0 aliphatic carbocycles. The molecule has 0 spiro atoms. The van der Waals surface area contributed by atoms with Gasteiger partial charge in [0.15, 0.2) is 0 Å². The van der Waals surface area contributed by atoms with Crippen molar-refractivity contribution in [2.75, 3.05) is 39.4 Å². The summed E-state index contributed by atoms with van der Waals surface area (Å²) < 4.78 is 7.62. The summed E-state index contributed by atoms with van der Waals surface area (Å²) >= 11 is 0. The van der Waals surface area contributed by atoms with E-state index in [1.54, 1.807) is 0 Å². The fourth-order valence-electron chi connectivity index (χ4n) is 3.65. The summed E-state index contributed by atoms with van der Waals surface area (Å²) in [4.78, 5) is 16.6. The summed E-state index contributed by atoms with van der Waals surface area (Å²) in [6.45, 7) is 8.74. The van der Waals surface area contributed by atoms with Crippen molar-refractivity contribution in [1.29, 1.82) is 0 Å². The van der Waals surface area contributed by atoms with Crippen LogP contribution in [0.4, 0.5) is 0 Å². The van der Waals surface area contributed by atoms with Crippen LogP contribution in [-0.2, 0) is 29.0 Å². The standard InChI is InChI=1S/C18H31N5O2/c1-2-25-14-6-8-18(24)22-12-10-21(11-13-22)15-17-20-19-16-7-4-3-5-9-23(16)17/h2-15H2,1H3. The molecule has 1 amide bonds. The molecule has 0 saturated carbocycles. The summed E-state index contributed by atoms with van der Waals surface area (Å²) in [5.74, 6) is 2.50. The monoisotopic (exact) mass is 349 g/mol. The Morgan fingerprint density at radius 3 is 2.72 bits per heavy atom. The molecule has 2 aliphatic rings.